The lowest BCUT2D eigenvalue weighted by Gasteiger charge is -2.03. The van der Waals surface area contributed by atoms with E-state index in [2.05, 4.69) is 20.5 Å². The van der Waals surface area contributed by atoms with Gasteiger partial charge in [-0.1, -0.05) is 41.4 Å². The zero-order chi connectivity index (χ0) is 17.1. The van der Waals surface area contributed by atoms with Gasteiger partial charge in [0.1, 0.15) is 6.33 Å². The van der Waals surface area contributed by atoms with E-state index in [1.807, 2.05) is 31.2 Å². The van der Waals surface area contributed by atoms with E-state index in [0.717, 1.165) is 5.56 Å². The van der Waals surface area contributed by atoms with Gasteiger partial charge in [-0.05, 0) is 18.6 Å². The maximum absolute atomic E-state index is 12.2. The van der Waals surface area contributed by atoms with Gasteiger partial charge < -0.3 is 0 Å². The molecule has 1 N–H and O–H groups in total. The van der Waals surface area contributed by atoms with Gasteiger partial charge in [0.15, 0.2) is 5.69 Å². The number of aromatic nitrogens is 5. The summed E-state index contributed by atoms with van der Waals surface area (Å²) in [6.07, 6.45) is 3.12. The van der Waals surface area contributed by atoms with E-state index in [-0.39, 0.29) is 16.7 Å². The Kier molecular flexibility index (Phi) is 4.82. The monoisotopic (exact) mass is 364 g/mol. The van der Waals surface area contributed by atoms with Crippen LogP contribution in [-0.4, -0.2) is 30.5 Å². The lowest BCUT2D eigenvalue weighted by atomic mass is 10.2. The minimum atomic E-state index is -0.456. The molecule has 1 aromatic carbocycles. The standard InChI is InChI=1S/C15H14Cl2N6O/c1-2-22-8-12(17)13(20-22)14(24)19-15-18-9-23(21-15)7-10-5-3-4-6-11(10)16/h3-6,8-9H,2,7H2,1H3,(H,19,21,24). The fourth-order valence-corrected chi connectivity index (χ4v) is 2.53. The molecule has 124 valence electrons. The summed E-state index contributed by atoms with van der Waals surface area (Å²) in [7, 11) is 0. The van der Waals surface area contributed by atoms with Crippen molar-refractivity contribution in [3.05, 3.63) is 58.1 Å². The number of rotatable bonds is 5. The molecule has 24 heavy (non-hydrogen) atoms. The average molecular weight is 365 g/mol. The maximum Gasteiger partial charge on any atom is 0.280 e. The number of nitrogens with one attached hydrogen (secondary N) is 1. The topological polar surface area (TPSA) is 77.6 Å². The second-order valence-corrected chi connectivity index (χ2v) is 5.81. The third-order valence-electron chi connectivity index (χ3n) is 3.31. The Morgan fingerprint density at radius 2 is 1.96 bits per heavy atom. The first-order chi connectivity index (χ1) is 11.6. The molecule has 0 spiro atoms. The highest BCUT2D eigenvalue weighted by molar-refractivity contribution is 6.34. The van der Waals surface area contributed by atoms with E-state index in [1.54, 1.807) is 15.6 Å². The molecular weight excluding hydrogens is 351 g/mol. The van der Waals surface area contributed by atoms with Gasteiger partial charge in [-0.15, -0.1) is 5.10 Å². The summed E-state index contributed by atoms with van der Waals surface area (Å²) in [5.41, 5.74) is 1.05. The molecule has 2 heterocycles. The molecule has 0 fully saturated rings. The van der Waals surface area contributed by atoms with E-state index in [9.17, 15) is 4.79 Å². The smallest absolute Gasteiger partial charge is 0.280 e. The second kappa shape index (κ2) is 7.02. The third kappa shape index (κ3) is 3.58. The minimum absolute atomic E-state index is 0.140. The number of hydrogen-bond donors (Lipinski definition) is 1. The predicted molar refractivity (Wildman–Crippen MR) is 91.4 cm³/mol. The van der Waals surface area contributed by atoms with Crippen LogP contribution in [-0.2, 0) is 13.1 Å². The molecule has 0 saturated carbocycles. The lowest BCUT2D eigenvalue weighted by Crippen LogP contribution is -2.15. The van der Waals surface area contributed by atoms with E-state index in [1.165, 1.54) is 6.33 Å². The van der Waals surface area contributed by atoms with Crippen molar-refractivity contribution in [1.82, 2.24) is 24.5 Å². The van der Waals surface area contributed by atoms with Crippen LogP contribution >= 0.6 is 23.2 Å². The van der Waals surface area contributed by atoms with Crippen molar-refractivity contribution in [2.24, 2.45) is 0 Å². The number of benzene rings is 1. The quantitative estimate of drug-likeness (QED) is 0.754. The van der Waals surface area contributed by atoms with Crippen LogP contribution in [0.1, 0.15) is 23.0 Å². The molecule has 2 aromatic heterocycles. The highest BCUT2D eigenvalue weighted by atomic mass is 35.5. The molecule has 0 atom stereocenters. The first-order valence-electron chi connectivity index (χ1n) is 7.24. The van der Waals surface area contributed by atoms with Crippen LogP contribution in [0.2, 0.25) is 10.0 Å². The summed E-state index contributed by atoms with van der Waals surface area (Å²) < 4.78 is 3.17. The summed E-state index contributed by atoms with van der Waals surface area (Å²) >= 11 is 12.1. The molecular formula is C15H14Cl2N6O. The molecule has 0 aliphatic carbocycles. The van der Waals surface area contributed by atoms with Crippen LogP contribution in [0.15, 0.2) is 36.8 Å². The van der Waals surface area contributed by atoms with Gasteiger partial charge in [0.25, 0.3) is 5.91 Å². The number of nitrogens with zero attached hydrogens (tertiary/aromatic N) is 5. The summed E-state index contributed by atoms with van der Waals surface area (Å²) in [5.74, 6) is -0.281. The van der Waals surface area contributed by atoms with Gasteiger partial charge in [-0.3, -0.25) is 14.8 Å². The molecule has 0 saturated heterocycles. The van der Waals surface area contributed by atoms with E-state index >= 15 is 0 Å². The van der Waals surface area contributed by atoms with Crippen LogP contribution in [0.4, 0.5) is 5.95 Å². The van der Waals surface area contributed by atoms with Crippen molar-refractivity contribution in [1.29, 1.82) is 0 Å². The molecule has 0 aliphatic rings. The zero-order valence-corrected chi connectivity index (χ0v) is 14.3. The van der Waals surface area contributed by atoms with Crippen molar-refractivity contribution < 1.29 is 4.79 Å². The van der Waals surface area contributed by atoms with E-state index in [4.69, 9.17) is 23.2 Å². The fraction of sp³-hybridized carbons (Fsp3) is 0.200. The van der Waals surface area contributed by atoms with E-state index < -0.39 is 5.91 Å². The summed E-state index contributed by atoms with van der Waals surface area (Å²) in [6.45, 7) is 2.98. The Hall–Kier alpha value is -2.38. The molecule has 1 amide bonds. The van der Waals surface area contributed by atoms with Crippen LogP contribution in [0, 0.1) is 0 Å². The van der Waals surface area contributed by atoms with Gasteiger partial charge >= 0.3 is 0 Å². The number of hydrogen-bond acceptors (Lipinski definition) is 4. The van der Waals surface area contributed by atoms with E-state index in [0.29, 0.717) is 18.1 Å². The van der Waals surface area contributed by atoms with Crippen LogP contribution in [0.25, 0.3) is 0 Å². The number of carbonyl (C=O) groups excluding carboxylic acids is 1. The maximum atomic E-state index is 12.2. The average Bonchev–Trinajstić information content (AvgIpc) is 3.16. The SMILES string of the molecule is CCn1cc(Cl)c(C(=O)Nc2ncn(Cc3ccccc3Cl)n2)n1. The normalized spacial score (nSPS) is 10.8. The van der Waals surface area contributed by atoms with Crippen molar-refractivity contribution >= 4 is 35.1 Å². The summed E-state index contributed by atoms with van der Waals surface area (Å²) in [6, 6.07) is 7.47. The molecule has 9 heteroatoms. The molecule has 0 radical (unpaired) electrons. The second-order valence-electron chi connectivity index (χ2n) is 4.99. The Bertz CT molecular complexity index is 872. The number of aryl methyl sites for hydroxylation is 1. The molecule has 0 bridgehead atoms. The largest absolute Gasteiger partial charge is 0.288 e. The summed E-state index contributed by atoms with van der Waals surface area (Å²) in [5, 5.41) is 11.8. The first-order valence-corrected chi connectivity index (χ1v) is 7.99. The molecule has 7 nitrogen and oxygen atoms in total. The van der Waals surface area contributed by atoms with Crippen LogP contribution in [0.5, 0.6) is 0 Å². The van der Waals surface area contributed by atoms with Crippen molar-refractivity contribution in [2.75, 3.05) is 5.32 Å². The molecule has 3 rings (SSSR count). The molecule has 3 aromatic rings. The minimum Gasteiger partial charge on any atom is -0.288 e. The van der Waals surface area contributed by atoms with Crippen molar-refractivity contribution in [3.63, 3.8) is 0 Å². The first kappa shape index (κ1) is 16.5. The van der Waals surface area contributed by atoms with Crippen molar-refractivity contribution in [3.8, 4) is 0 Å². The lowest BCUT2D eigenvalue weighted by molar-refractivity contribution is 0.102. The van der Waals surface area contributed by atoms with Gasteiger partial charge in [0, 0.05) is 17.8 Å². The summed E-state index contributed by atoms with van der Waals surface area (Å²) in [4.78, 5) is 16.3. The van der Waals surface area contributed by atoms with Gasteiger partial charge in [0.2, 0.25) is 5.95 Å². The predicted octanol–water partition coefficient (Wildman–Crippen LogP) is 3.10. The number of halogens is 2. The Morgan fingerprint density at radius 3 is 2.67 bits per heavy atom. The molecule has 0 unspecified atom stereocenters. The third-order valence-corrected chi connectivity index (χ3v) is 3.95. The fourth-order valence-electron chi connectivity index (χ4n) is 2.10. The van der Waals surface area contributed by atoms with Crippen LogP contribution < -0.4 is 5.32 Å². The molecule has 0 aliphatic heterocycles. The highest BCUT2D eigenvalue weighted by Gasteiger charge is 2.17. The Balaban J connectivity index is 1.70. The zero-order valence-electron chi connectivity index (χ0n) is 12.8. The van der Waals surface area contributed by atoms with Gasteiger partial charge in [-0.2, -0.15) is 5.10 Å². The van der Waals surface area contributed by atoms with Crippen LogP contribution in [0.3, 0.4) is 0 Å². The Morgan fingerprint density at radius 1 is 1.17 bits per heavy atom. The highest BCUT2D eigenvalue weighted by Crippen LogP contribution is 2.17. The number of carbonyl (C=O) groups is 1. The van der Waals surface area contributed by atoms with Gasteiger partial charge in [0.05, 0.1) is 11.6 Å². The number of anilines is 1. The van der Waals surface area contributed by atoms with Gasteiger partial charge in [-0.25, -0.2) is 9.67 Å². The van der Waals surface area contributed by atoms with Crippen molar-refractivity contribution in [2.45, 2.75) is 20.0 Å². The number of amides is 1. The Labute approximate surface area is 148 Å².